The molecule has 4 nitrogen and oxygen atoms in total. The van der Waals surface area contributed by atoms with E-state index >= 15 is 0 Å². The van der Waals surface area contributed by atoms with Crippen molar-refractivity contribution in [2.75, 3.05) is 6.54 Å². The van der Waals surface area contributed by atoms with Gasteiger partial charge in [-0.15, -0.1) is 11.3 Å². The number of aliphatic imine (C=N–C) groups is 1. The van der Waals surface area contributed by atoms with E-state index in [1.54, 1.807) is 6.92 Å². The van der Waals surface area contributed by atoms with Crippen molar-refractivity contribution in [2.24, 2.45) is 10.7 Å². The number of nitrogens with one attached hydrogen (secondary N) is 1. The number of aliphatic hydroxyl groups is 1. The normalized spacial score (nSPS) is 20.5. The molecule has 0 saturated heterocycles. The summed E-state index contributed by atoms with van der Waals surface area (Å²) in [5.41, 5.74) is 4.78. The van der Waals surface area contributed by atoms with E-state index in [1.165, 1.54) is 11.3 Å². The molecule has 1 aliphatic carbocycles. The average Bonchev–Trinajstić information content (AvgIpc) is 2.86. The van der Waals surface area contributed by atoms with E-state index < -0.39 is 5.60 Å². The molecule has 1 heterocycles. The second kappa shape index (κ2) is 4.43. The first-order valence-electron chi connectivity index (χ1n) is 5.41. The Balaban J connectivity index is 1.92. The fourth-order valence-electron chi connectivity index (χ4n) is 1.38. The molecule has 1 saturated carbocycles. The van der Waals surface area contributed by atoms with Crippen LogP contribution in [0.5, 0.6) is 0 Å². The molecule has 0 amide bonds. The topological polar surface area (TPSA) is 70.6 Å². The number of nitrogens with zero attached hydrogens (tertiary/aromatic N) is 1. The monoisotopic (exact) mass is 239 g/mol. The first kappa shape index (κ1) is 11.4. The highest BCUT2D eigenvalue weighted by molar-refractivity contribution is 7.10. The molecule has 2 rings (SSSR count). The van der Waals surface area contributed by atoms with Crippen molar-refractivity contribution in [1.29, 1.82) is 0 Å². The summed E-state index contributed by atoms with van der Waals surface area (Å²) in [6, 6.07) is 4.32. The summed E-state index contributed by atoms with van der Waals surface area (Å²) in [7, 11) is 0. The second-order valence-electron chi connectivity index (χ2n) is 4.37. The van der Waals surface area contributed by atoms with Crippen LogP contribution in [0.15, 0.2) is 22.5 Å². The number of hydrogen-bond donors (Lipinski definition) is 3. The maximum Gasteiger partial charge on any atom is 0.188 e. The molecule has 1 atom stereocenters. The van der Waals surface area contributed by atoms with Crippen LogP contribution < -0.4 is 11.1 Å². The Hall–Kier alpha value is -1.07. The van der Waals surface area contributed by atoms with Crippen molar-refractivity contribution >= 4 is 17.3 Å². The van der Waals surface area contributed by atoms with E-state index in [0.717, 1.165) is 17.7 Å². The van der Waals surface area contributed by atoms with Crippen LogP contribution in [0.2, 0.25) is 0 Å². The second-order valence-corrected chi connectivity index (χ2v) is 5.32. The highest BCUT2D eigenvalue weighted by Gasteiger charge is 2.25. The standard InChI is InChI=1S/C11H17N3OS/c1-11(15,9-3-2-6-16-9)7-13-10(12)14-8-4-5-8/h2-3,6,8,15H,4-5,7H2,1H3,(H3,12,13,14). The van der Waals surface area contributed by atoms with Gasteiger partial charge in [0, 0.05) is 10.9 Å². The fourth-order valence-corrected chi connectivity index (χ4v) is 2.16. The molecule has 0 radical (unpaired) electrons. The number of guanidine groups is 1. The van der Waals surface area contributed by atoms with Gasteiger partial charge in [-0.3, -0.25) is 4.99 Å². The molecular weight excluding hydrogens is 222 g/mol. The zero-order chi connectivity index (χ0) is 11.6. The van der Waals surface area contributed by atoms with E-state index in [9.17, 15) is 5.11 Å². The zero-order valence-corrected chi connectivity index (χ0v) is 10.1. The minimum absolute atomic E-state index is 0.291. The predicted octanol–water partition coefficient (Wildman–Crippen LogP) is 1.02. The van der Waals surface area contributed by atoms with E-state index in [4.69, 9.17) is 5.73 Å². The van der Waals surface area contributed by atoms with Crippen LogP contribution in [0.4, 0.5) is 0 Å². The summed E-state index contributed by atoms with van der Waals surface area (Å²) in [4.78, 5) is 5.08. The maximum absolute atomic E-state index is 10.2. The van der Waals surface area contributed by atoms with Gasteiger partial charge in [-0.2, -0.15) is 0 Å². The Kier molecular flexibility index (Phi) is 3.16. The molecule has 0 aliphatic heterocycles. The molecule has 1 aliphatic rings. The molecule has 5 heteroatoms. The largest absolute Gasteiger partial charge is 0.383 e. The molecule has 88 valence electrons. The Morgan fingerprint density at radius 2 is 2.50 bits per heavy atom. The van der Waals surface area contributed by atoms with Crippen molar-refractivity contribution < 1.29 is 5.11 Å². The number of rotatable bonds is 4. The van der Waals surface area contributed by atoms with Crippen molar-refractivity contribution in [3.05, 3.63) is 22.4 Å². The van der Waals surface area contributed by atoms with Crippen LogP contribution in [-0.4, -0.2) is 23.7 Å². The molecular formula is C11H17N3OS. The SMILES string of the molecule is CC(O)(CN=C(N)NC1CC1)c1cccs1. The summed E-state index contributed by atoms with van der Waals surface area (Å²) in [5, 5.41) is 15.2. The lowest BCUT2D eigenvalue weighted by Crippen LogP contribution is -2.35. The molecule has 16 heavy (non-hydrogen) atoms. The van der Waals surface area contributed by atoms with E-state index in [0.29, 0.717) is 18.5 Å². The van der Waals surface area contributed by atoms with Gasteiger partial charge in [-0.25, -0.2) is 0 Å². The third-order valence-corrected chi connectivity index (χ3v) is 3.66. The van der Waals surface area contributed by atoms with Crippen LogP contribution in [0.25, 0.3) is 0 Å². The lowest BCUT2D eigenvalue weighted by atomic mass is 10.1. The molecule has 1 aromatic rings. The highest BCUT2D eigenvalue weighted by Crippen LogP contribution is 2.25. The molecule has 1 fully saturated rings. The van der Waals surface area contributed by atoms with Crippen LogP contribution in [0.3, 0.4) is 0 Å². The molecule has 0 aromatic carbocycles. The Bertz CT molecular complexity index is 369. The summed E-state index contributed by atoms with van der Waals surface area (Å²) in [6.07, 6.45) is 2.33. The molecule has 4 N–H and O–H groups in total. The van der Waals surface area contributed by atoms with Gasteiger partial charge in [0.05, 0.1) is 6.54 Å². The molecule has 0 spiro atoms. The number of hydrogen-bond acceptors (Lipinski definition) is 3. The third-order valence-electron chi connectivity index (χ3n) is 2.54. The van der Waals surface area contributed by atoms with Crippen molar-refractivity contribution in [3.8, 4) is 0 Å². The van der Waals surface area contributed by atoms with Gasteiger partial charge in [0.25, 0.3) is 0 Å². The minimum Gasteiger partial charge on any atom is -0.383 e. The summed E-state index contributed by atoms with van der Waals surface area (Å²) in [6.45, 7) is 2.05. The lowest BCUT2D eigenvalue weighted by molar-refractivity contribution is 0.0712. The molecule has 0 bridgehead atoms. The van der Waals surface area contributed by atoms with Gasteiger partial charge in [0.2, 0.25) is 0 Å². The van der Waals surface area contributed by atoms with Crippen LogP contribution >= 0.6 is 11.3 Å². The van der Waals surface area contributed by atoms with E-state index in [2.05, 4.69) is 10.3 Å². The van der Waals surface area contributed by atoms with Gasteiger partial charge in [-0.05, 0) is 31.2 Å². The van der Waals surface area contributed by atoms with E-state index in [1.807, 2.05) is 17.5 Å². The Morgan fingerprint density at radius 3 is 3.06 bits per heavy atom. The smallest absolute Gasteiger partial charge is 0.188 e. The van der Waals surface area contributed by atoms with Crippen LogP contribution in [0.1, 0.15) is 24.6 Å². The average molecular weight is 239 g/mol. The molecule has 1 aromatic heterocycles. The maximum atomic E-state index is 10.2. The number of thiophene rings is 1. The van der Waals surface area contributed by atoms with Gasteiger partial charge in [0.1, 0.15) is 5.60 Å². The lowest BCUT2D eigenvalue weighted by Gasteiger charge is -2.19. The van der Waals surface area contributed by atoms with Crippen LogP contribution in [0, 0.1) is 0 Å². The minimum atomic E-state index is -0.927. The summed E-state index contributed by atoms with van der Waals surface area (Å²) < 4.78 is 0. The quantitative estimate of drug-likeness (QED) is 0.543. The number of nitrogens with two attached hydrogens (primary N) is 1. The third kappa shape index (κ3) is 2.96. The van der Waals surface area contributed by atoms with Crippen molar-refractivity contribution in [2.45, 2.75) is 31.4 Å². The van der Waals surface area contributed by atoms with Crippen molar-refractivity contribution in [1.82, 2.24) is 5.32 Å². The van der Waals surface area contributed by atoms with E-state index in [-0.39, 0.29) is 0 Å². The summed E-state index contributed by atoms with van der Waals surface area (Å²) >= 11 is 1.53. The van der Waals surface area contributed by atoms with Gasteiger partial charge in [-0.1, -0.05) is 6.07 Å². The van der Waals surface area contributed by atoms with Gasteiger partial charge in [0.15, 0.2) is 5.96 Å². The van der Waals surface area contributed by atoms with Crippen molar-refractivity contribution in [3.63, 3.8) is 0 Å². The highest BCUT2D eigenvalue weighted by atomic mass is 32.1. The first-order chi connectivity index (χ1) is 7.58. The zero-order valence-electron chi connectivity index (χ0n) is 9.31. The molecule has 1 unspecified atom stereocenters. The van der Waals surface area contributed by atoms with Gasteiger partial charge < -0.3 is 16.2 Å². The summed E-state index contributed by atoms with van der Waals surface area (Å²) in [5.74, 6) is 0.430. The van der Waals surface area contributed by atoms with Gasteiger partial charge >= 0.3 is 0 Å². The fraction of sp³-hybridized carbons (Fsp3) is 0.545. The Labute approximate surface area is 99.2 Å². The first-order valence-corrected chi connectivity index (χ1v) is 6.29. The Morgan fingerprint density at radius 1 is 1.75 bits per heavy atom. The van der Waals surface area contributed by atoms with Crippen LogP contribution in [-0.2, 0) is 5.60 Å². The predicted molar refractivity (Wildman–Crippen MR) is 66.5 cm³/mol.